The van der Waals surface area contributed by atoms with Crippen LogP contribution in [-0.4, -0.2) is 10.2 Å². The molecule has 0 bridgehead atoms. The quantitative estimate of drug-likeness (QED) is 0.866. The van der Waals surface area contributed by atoms with Crippen LogP contribution in [0.2, 0.25) is 0 Å². The highest BCUT2D eigenvalue weighted by Gasteiger charge is 2.07. The summed E-state index contributed by atoms with van der Waals surface area (Å²) in [5.74, 6) is 0. The molecule has 0 spiro atoms. The highest BCUT2D eigenvalue weighted by molar-refractivity contribution is 5.31. The minimum Gasteiger partial charge on any atom is -0.306 e. The van der Waals surface area contributed by atoms with Gasteiger partial charge in [-0.2, -0.15) is 5.10 Å². The van der Waals surface area contributed by atoms with Crippen LogP contribution in [-0.2, 0) is 6.54 Å². The summed E-state index contributed by atoms with van der Waals surface area (Å²) in [6.07, 6.45) is 1.88. The van der Waals surface area contributed by atoms with Gasteiger partial charge in [-0.25, -0.2) is 0 Å². The number of hydrogen-bond acceptors (Lipinski definition) is 2. The van der Waals surface area contributed by atoms with E-state index >= 15 is 0 Å². The molecule has 1 aromatic carbocycles. The molecule has 0 saturated carbocycles. The normalized spacial score (nSPS) is 12.7. The van der Waals surface area contributed by atoms with Crippen molar-refractivity contribution in [1.82, 2.24) is 15.5 Å². The second kappa shape index (κ2) is 5.36. The number of H-pyrrole nitrogens is 1. The van der Waals surface area contributed by atoms with Gasteiger partial charge in [-0.05, 0) is 44.4 Å². The number of rotatable bonds is 4. The van der Waals surface area contributed by atoms with Gasteiger partial charge in [0.05, 0.1) is 6.20 Å². The first-order valence-corrected chi connectivity index (χ1v) is 6.37. The summed E-state index contributed by atoms with van der Waals surface area (Å²) < 4.78 is 0. The average molecular weight is 243 g/mol. The van der Waals surface area contributed by atoms with Crippen molar-refractivity contribution in [2.45, 2.75) is 40.3 Å². The number of nitrogens with zero attached hydrogens (tertiary/aromatic N) is 1. The molecule has 3 heteroatoms. The number of hydrogen-bond donors (Lipinski definition) is 2. The molecular weight excluding hydrogens is 222 g/mol. The predicted molar refractivity (Wildman–Crippen MR) is 74.5 cm³/mol. The number of nitrogens with one attached hydrogen (secondary N) is 2. The lowest BCUT2D eigenvalue weighted by molar-refractivity contribution is 0.573. The Labute approximate surface area is 109 Å². The second-order valence-corrected chi connectivity index (χ2v) is 4.97. The van der Waals surface area contributed by atoms with Gasteiger partial charge in [0, 0.05) is 23.8 Å². The molecule has 2 rings (SSSR count). The molecule has 0 aliphatic carbocycles. The van der Waals surface area contributed by atoms with Crippen molar-refractivity contribution < 1.29 is 0 Å². The number of aromatic nitrogens is 2. The van der Waals surface area contributed by atoms with E-state index < -0.39 is 0 Å². The molecular formula is C15H21N3. The van der Waals surface area contributed by atoms with Crippen LogP contribution in [0.15, 0.2) is 24.4 Å². The lowest BCUT2D eigenvalue weighted by Gasteiger charge is -2.15. The molecule has 1 aromatic heterocycles. The Morgan fingerprint density at radius 3 is 2.61 bits per heavy atom. The molecule has 0 aliphatic rings. The van der Waals surface area contributed by atoms with Crippen LogP contribution in [0.4, 0.5) is 0 Å². The molecule has 0 aliphatic heterocycles. The Balaban J connectivity index is 2.01. The van der Waals surface area contributed by atoms with Crippen LogP contribution in [0.25, 0.3) is 0 Å². The Morgan fingerprint density at radius 2 is 2.00 bits per heavy atom. The summed E-state index contributed by atoms with van der Waals surface area (Å²) in [7, 11) is 0. The van der Waals surface area contributed by atoms with E-state index in [4.69, 9.17) is 0 Å². The predicted octanol–water partition coefficient (Wildman–Crippen LogP) is 3.19. The Morgan fingerprint density at radius 1 is 1.22 bits per heavy atom. The van der Waals surface area contributed by atoms with Crippen molar-refractivity contribution in [1.29, 1.82) is 0 Å². The summed E-state index contributed by atoms with van der Waals surface area (Å²) in [6.45, 7) is 9.39. The van der Waals surface area contributed by atoms with E-state index in [0.29, 0.717) is 6.04 Å². The van der Waals surface area contributed by atoms with Gasteiger partial charge in [0.15, 0.2) is 0 Å². The van der Waals surface area contributed by atoms with Gasteiger partial charge >= 0.3 is 0 Å². The van der Waals surface area contributed by atoms with E-state index in [9.17, 15) is 0 Å². The first-order valence-electron chi connectivity index (χ1n) is 6.37. The highest BCUT2D eigenvalue weighted by atomic mass is 15.1. The topological polar surface area (TPSA) is 40.7 Å². The molecule has 96 valence electrons. The molecule has 0 radical (unpaired) electrons. The summed E-state index contributed by atoms with van der Waals surface area (Å²) in [5.41, 5.74) is 6.39. The van der Waals surface area contributed by atoms with E-state index in [2.05, 4.69) is 54.5 Å². The van der Waals surface area contributed by atoms with Gasteiger partial charge in [0.1, 0.15) is 0 Å². The van der Waals surface area contributed by atoms with Gasteiger partial charge < -0.3 is 5.32 Å². The molecule has 0 saturated heterocycles. The zero-order valence-electron chi connectivity index (χ0n) is 11.5. The van der Waals surface area contributed by atoms with Crippen molar-refractivity contribution in [2.24, 2.45) is 0 Å². The van der Waals surface area contributed by atoms with Gasteiger partial charge in [0.25, 0.3) is 0 Å². The van der Waals surface area contributed by atoms with Gasteiger partial charge in [-0.1, -0.05) is 18.2 Å². The van der Waals surface area contributed by atoms with Crippen molar-refractivity contribution in [3.8, 4) is 0 Å². The van der Waals surface area contributed by atoms with Crippen LogP contribution >= 0.6 is 0 Å². The smallest absolute Gasteiger partial charge is 0.0535 e. The molecule has 2 N–H and O–H groups in total. The van der Waals surface area contributed by atoms with Crippen molar-refractivity contribution >= 4 is 0 Å². The van der Waals surface area contributed by atoms with E-state index in [1.165, 1.54) is 22.3 Å². The molecule has 1 unspecified atom stereocenters. The van der Waals surface area contributed by atoms with E-state index in [1.807, 2.05) is 13.1 Å². The summed E-state index contributed by atoms with van der Waals surface area (Å²) >= 11 is 0. The molecule has 1 heterocycles. The molecule has 1 atom stereocenters. The van der Waals surface area contributed by atoms with Gasteiger partial charge in [-0.15, -0.1) is 0 Å². The summed E-state index contributed by atoms with van der Waals surface area (Å²) in [6, 6.07) is 6.99. The van der Waals surface area contributed by atoms with E-state index in [1.54, 1.807) is 0 Å². The Bertz CT molecular complexity index is 528. The van der Waals surface area contributed by atoms with Crippen LogP contribution in [0, 0.1) is 20.8 Å². The third kappa shape index (κ3) is 2.79. The minimum atomic E-state index is 0.346. The number of aryl methyl sites for hydroxylation is 3. The number of aromatic amines is 1. The number of benzene rings is 1. The average Bonchev–Trinajstić information content (AvgIpc) is 2.75. The zero-order valence-corrected chi connectivity index (χ0v) is 11.5. The first kappa shape index (κ1) is 12.8. The first-order chi connectivity index (χ1) is 8.58. The fourth-order valence-electron chi connectivity index (χ4n) is 1.97. The lowest BCUT2D eigenvalue weighted by atomic mass is 10.0. The maximum atomic E-state index is 4.03. The fraction of sp³-hybridized carbons (Fsp3) is 0.400. The van der Waals surface area contributed by atoms with Gasteiger partial charge in [0.2, 0.25) is 0 Å². The van der Waals surface area contributed by atoms with Gasteiger partial charge in [-0.3, -0.25) is 5.10 Å². The molecule has 2 aromatic rings. The third-order valence-electron chi connectivity index (χ3n) is 3.56. The van der Waals surface area contributed by atoms with E-state index in [0.717, 1.165) is 12.2 Å². The third-order valence-corrected chi connectivity index (χ3v) is 3.56. The largest absolute Gasteiger partial charge is 0.306 e. The fourth-order valence-corrected chi connectivity index (χ4v) is 1.97. The molecule has 3 nitrogen and oxygen atoms in total. The Kier molecular flexibility index (Phi) is 3.82. The second-order valence-electron chi connectivity index (χ2n) is 4.97. The molecule has 18 heavy (non-hydrogen) atoms. The van der Waals surface area contributed by atoms with Crippen molar-refractivity contribution in [3.05, 3.63) is 52.3 Å². The zero-order chi connectivity index (χ0) is 13.1. The summed E-state index contributed by atoms with van der Waals surface area (Å²) in [4.78, 5) is 0. The van der Waals surface area contributed by atoms with Crippen molar-refractivity contribution in [2.75, 3.05) is 0 Å². The SMILES string of the molecule is Cc1ccc(C(C)NCc2cn[nH]c2C)cc1C. The van der Waals surface area contributed by atoms with Crippen molar-refractivity contribution in [3.63, 3.8) is 0 Å². The maximum absolute atomic E-state index is 4.03. The minimum absolute atomic E-state index is 0.346. The summed E-state index contributed by atoms with van der Waals surface area (Å²) in [5, 5.41) is 10.5. The molecule has 0 fully saturated rings. The maximum Gasteiger partial charge on any atom is 0.0535 e. The van der Waals surface area contributed by atoms with E-state index in [-0.39, 0.29) is 0 Å². The van der Waals surface area contributed by atoms with Crippen LogP contribution in [0.5, 0.6) is 0 Å². The molecule has 0 amide bonds. The monoisotopic (exact) mass is 243 g/mol. The Hall–Kier alpha value is -1.61. The lowest BCUT2D eigenvalue weighted by Crippen LogP contribution is -2.18. The van der Waals surface area contributed by atoms with Crippen LogP contribution in [0.1, 0.15) is 40.9 Å². The highest BCUT2D eigenvalue weighted by Crippen LogP contribution is 2.17. The standard InChI is InChI=1S/C15H21N3/c1-10-5-6-14(7-11(10)2)12(3)16-8-15-9-17-18-13(15)4/h5-7,9,12,16H,8H2,1-4H3,(H,17,18). The van der Waals surface area contributed by atoms with Crippen LogP contribution < -0.4 is 5.32 Å². The van der Waals surface area contributed by atoms with Crippen LogP contribution in [0.3, 0.4) is 0 Å².